The van der Waals surface area contributed by atoms with E-state index in [2.05, 4.69) is 11.8 Å². The molecule has 120 valence electrons. The standard InChI is InChI=1S/C18H31NO2/c1-14-5-4-9-18(11-14,17(20)21)13-19-10-8-15-6-2-3-7-16(15)12-19/h14-16H,2-13H2,1H3,(H,20,21). The molecule has 21 heavy (non-hydrogen) atoms. The fourth-order valence-electron chi connectivity index (χ4n) is 5.31. The van der Waals surface area contributed by atoms with Crippen molar-refractivity contribution in [3.05, 3.63) is 0 Å². The van der Waals surface area contributed by atoms with Gasteiger partial charge in [-0.2, -0.15) is 0 Å². The zero-order valence-electron chi connectivity index (χ0n) is 13.5. The molecule has 3 rings (SSSR count). The van der Waals surface area contributed by atoms with Gasteiger partial charge in [-0.1, -0.05) is 39.0 Å². The van der Waals surface area contributed by atoms with Crippen LogP contribution in [0.2, 0.25) is 0 Å². The van der Waals surface area contributed by atoms with Gasteiger partial charge >= 0.3 is 5.97 Å². The number of fused-ring (bicyclic) bond motifs is 1. The second-order valence-corrected chi connectivity index (χ2v) is 8.12. The number of nitrogens with zero attached hydrogens (tertiary/aromatic N) is 1. The molecule has 1 N–H and O–H groups in total. The van der Waals surface area contributed by atoms with Crippen LogP contribution in [0, 0.1) is 23.2 Å². The van der Waals surface area contributed by atoms with Crippen LogP contribution in [0.15, 0.2) is 0 Å². The molecule has 3 heteroatoms. The van der Waals surface area contributed by atoms with Crippen LogP contribution >= 0.6 is 0 Å². The molecule has 2 saturated carbocycles. The Balaban J connectivity index is 1.64. The lowest BCUT2D eigenvalue weighted by Crippen LogP contribution is -2.50. The number of carboxylic acid groups (broad SMARTS) is 1. The van der Waals surface area contributed by atoms with Gasteiger partial charge in [-0.3, -0.25) is 4.79 Å². The van der Waals surface area contributed by atoms with Crippen LogP contribution in [0.1, 0.15) is 64.7 Å². The largest absolute Gasteiger partial charge is 0.481 e. The third-order valence-corrected chi connectivity index (χ3v) is 6.45. The number of carboxylic acids is 1. The first-order valence-corrected chi connectivity index (χ1v) is 9.05. The maximum atomic E-state index is 12.0. The quantitative estimate of drug-likeness (QED) is 0.861. The number of hydrogen-bond donors (Lipinski definition) is 1. The smallest absolute Gasteiger partial charge is 0.310 e. The Bertz CT molecular complexity index is 383. The maximum Gasteiger partial charge on any atom is 0.310 e. The minimum atomic E-state index is -0.542. The van der Waals surface area contributed by atoms with E-state index in [9.17, 15) is 9.90 Å². The molecular formula is C18H31NO2. The van der Waals surface area contributed by atoms with E-state index in [1.54, 1.807) is 0 Å². The van der Waals surface area contributed by atoms with Crippen LogP contribution < -0.4 is 0 Å². The molecule has 3 fully saturated rings. The van der Waals surface area contributed by atoms with Gasteiger partial charge in [0.25, 0.3) is 0 Å². The van der Waals surface area contributed by atoms with Gasteiger partial charge < -0.3 is 10.0 Å². The molecule has 0 aromatic heterocycles. The molecule has 0 radical (unpaired) electrons. The Morgan fingerprint density at radius 3 is 2.62 bits per heavy atom. The van der Waals surface area contributed by atoms with Crippen molar-refractivity contribution in [2.45, 2.75) is 64.7 Å². The van der Waals surface area contributed by atoms with Crippen molar-refractivity contribution in [2.24, 2.45) is 23.2 Å². The summed E-state index contributed by atoms with van der Waals surface area (Å²) in [7, 11) is 0. The van der Waals surface area contributed by atoms with Crippen molar-refractivity contribution in [1.82, 2.24) is 4.90 Å². The minimum Gasteiger partial charge on any atom is -0.481 e. The van der Waals surface area contributed by atoms with E-state index in [1.165, 1.54) is 38.5 Å². The molecule has 0 amide bonds. The Morgan fingerprint density at radius 1 is 1.14 bits per heavy atom. The van der Waals surface area contributed by atoms with Crippen LogP contribution in [0.25, 0.3) is 0 Å². The van der Waals surface area contributed by atoms with Crippen LogP contribution in [0.3, 0.4) is 0 Å². The van der Waals surface area contributed by atoms with E-state index < -0.39 is 11.4 Å². The summed E-state index contributed by atoms with van der Waals surface area (Å²) in [4.78, 5) is 14.5. The lowest BCUT2D eigenvalue weighted by Gasteiger charge is -2.45. The lowest BCUT2D eigenvalue weighted by atomic mass is 9.69. The first kappa shape index (κ1) is 15.3. The molecule has 0 bridgehead atoms. The van der Waals surface area contributed by atoms with E-state index in [1.807, 2.05) is 0 Å². The van der Waals surface area contributed by atoms with Crippen molar-refractivity contribution in [3.63, 3.8) is 0 Å². The highest BCUT2D eigenvalue weighted by Crippen LogP contribution is 2.42. The van der Waals surface area contributed by atoms with E-state index in [-0.39, 0.29) is 0 Å². The van der Waals surface area contributed by atoms with Crippen LogP contribution in [0.4, 0.5) is 0 Å². The van der Waals surface area contributed by atoms with Gasteiger partial charge in [-0.15, -0.1) is 0 Å². The Hall–Kier alpha value is -0.570. The van der Waals surface area contributed by atoms with Crippen LogP contribution in [-0.2, 0) is 4.79 Å². The monoisotopic (exact) mass is 293 g/mol. The summed E-state index contributed by atoms with van der Waals surface area (Å²) < 4.78 is 0. The van der Waals surface area contributed by atoms with Crippen molar-refractivity contribution in [2.75, 3.05) is 19.6 Å². The molecule has 1 saturated heterocycles. The summed E-state index contributed by atoms with van der Waals surface area (Å²) in [6.07, 6.45) is 11.0. The summed E-state index contributed by atoms with van der Waals surface area (Å²) in [6.45, 7) is 5.32. The molecule has 0 aromatic rings. The highest BCUT2D eigenvalue weighted by Gasteiger charge is 2.44. The molecule has 4 unspecified atom stereocenters. The zero-order chi connectivity index (χ0) is 14.9. The van der Waals surface area contributed by atoms with E-state index in [0.717, 1.165) is 50.7 Å². The van der Waals surface area contributed by atoms with Gasteiger partial charge in [-0.25, -0.2) is 0 Å². The first-order valence-electron chi connectivity index (χ1n) is 9.05. The predicted molar refractivity (Wildman–Crippen MR) is 84.2 cm³/mol. The first-order chi connectivity index (χ1) is 10.1. The van der Waals surface area contributed by atoms with Crippen LogP contribution in [-0.4, -0.2) is 35.6 Å². The summed E-state index contributed by atoms with van der Waals surface area (Å²) >= 11 is 0. The molecule has 1 heterocycles. The van der Waals surface area contributed by atoms with Gasteiger partial charge in [0.1, 0.15) is 0 Å². The summed E-state index contributed by atoms with van der Waals surface area (Å²) in [5.41, 5.74) is -0.459. The predicted octanol–water partition coefficient (Wildman–Crippen LogP) is 3.78. The maximum absolute atomic E-state index is 12.0. The minimum absolute atomic E-state index is 0.459. The Kier molecular flexibility index (Phi) is 4.58. The highest BCUT2D eigenvalue weighted by atomic mass is 16.4. The molecule has 0 spiro atoms. The van der Waals surface area contributed by atoms with E-state index >= 15 is 0 Å². The van der Waals surface area contributed by atoms with Gasteiger partial charge in [0.2, 0.25) is 0 Å². The van der Waals surface area contributed by atoms with Crippen LogP contribution in [0.5, 0.6) is 0 Å². The van der Waals surface area contributed by atoms with E-state index in [0.29, 0.717) is 5.92 Å². The van der Waals surface area contributed by atoms with Crippen molar-refractivity contribution >= 4 is 5.97 Å². The molecule has 3 nitrogen and oxygen atoms in total. The zero-order valence-corrected chi connectivity index (χ0v) is 13.5. The fraction of sp³-hybridized carbons (Fsp3) is 0.944. The number of likely N-dealkylation sites (tertiary alicyclic amines) is 1. The fourth-order valence-corrected chi connectivity index (χ4v) is 5.31. The number of piperidine rings is 1. The molecular weight excluding hydrogens is 262 g/mol. The Morgan fingerprint density at radius 2 is 1.90 bits per heavy atom. The van der Waals surface area contributed by atoms with Gasteiger partial charge in [0.15, 0.2) is 0 Å². The highest BCUT2D eigenvalue weighted by molar-refractivity contribution is 5.75. The molecule has 2 aliphatic carbocycles. The number of rotatable bonds is 3. The number of aliphatic carboxylic acids is 1. The normalized spacial score (nSPS) is 41.5. The Labute approximate surface area is 129 Å². The summed E-state index contributed by atoms with van der Waals surface area (Å²) in [5, 5.41) is 9.84. The SMILES string of the molecule is CC1CCCC(CN2CCC3CCCCC3C2)(C(=O)O)C1. The van der Waals surface area contributed by atoms with E-state index in [4.69, 9.17) is 0 Å². The molecule has 3 aliphatic rings. The second kappa shape index (κ2) is 6.28. The average Bonchev–Trinajstić information content (AvgIpc) is 2.47. The van der Waals surface area contributed by atoms with Gasteiger partial charge in [0, 0.05) is 13.1 Å². The number of hydrogen-bond acceptors (Lipinski definition) is 2. The average molecular weight is 293 g/mol. The van der Waals surface area contributed by atoms with Gasteiger partial charge in [-0.05, 0) is 50.0 Å². The molecule has 1 aliphatic heterocycles. The van der Waals surface area contributed by atoms with Crippen molar-refractivity contribution in [1.29, 1.82) is 0 Å². The molecule has 0 aromatic carbocycles. The third kappa shape index (κ3) is 3.28. The molecule has 4 atom stereocenters. The third-order valence-electron chi connectivity index (χ3n) is 6.45. The van der Waals surface area contributed by atoms with Gasteiger partial charge in [0.05, 0.1) is 5.41 Å². The second-order valence-electron chi connectivity index (χ2n) is 8.12. The lowest BCUT2D eigenvalue weighted by molar-refractivity contribution is -0.154. The van der Waals surface area contributed by atoms with Crippen molar-refractivity contribution < 1.29 is 9.90 Å². The summed E-state index contributed by atoms with van der Waals surface area (Å²) in [6, 6.07) is 0. The number of carbonyl (C=O) groups is 1. The van der Waals surface area contributed by atoms with Crippen molar-refractivity contribution in [3.8, 4) is 0 Å². The summed E-state index contributed by atoms with van der Waals surface area (Å²) in [5.74, 6) is 1.81. The topological polar surface area (TPSA) is 40.5 Å².